The zero-order chi connectivity index (χ0) is 14.4. The number of carbonyl (C=O) groups is 1. The van der Waals surface area contributed by atoms with Crippen molar-refractivity contribution in [2.24, 2.45) is 0 Å². The Labute approximate surface area is 119 Å². The van der Waals surface area contributed by atoms with E-state index in [1.54, 1.807) is 7.11 Å². The minimum absolute atomic E-state index is 0.133. The van der Waals surface area contributed by atoms with Crippen LogP contribution in [0.1, 0.15) is 19.8 Å². The van der Waals surface area contributed by atoms with Crippen LogP contribution in [-0.2, 0) is 9.53 Å². The number of hydrogen-bond donors (Lipinski definition) is 0. The summed E-state index contributed by atoms with van der Waals surface area (Å²) in [6.07, 6.45) is 1.22. The van der Waals surface area contributed by atoms with Crippen LogP contribution in [0.3, 0.4) is 0 Å². The van der Waals surface area contributed by atoms with Gasteiger partial charge in [0, 0.05) is 19.0 Å². The van der Waals surface area contributed by atoms with E-state index in [1.807, 2.05) is 25.1 Å². The molecule has 110 valence electrons. The molecule has 0 N–H and O–H groups in total. The summed E-state index contributed by atoms with van der Waals surface area (Å²) in [5.74, 6) is 1.55. The standard InChI is InChI=1S/C15H21NO4/c1-3-19-15(17)5-4-8-16-9-10-20-14-7-6-12(18-2)11-13(14)16/h6-7,11H,3-5,8-10H2,1-2H3. The van der Waals surface area contributed by atoms with E-state index >= 15 is 0 Å². The Hall–Kier alpha value is -1.91. The Morgan fingerprint density at radius 3 is 3.05 bits per heavy atom. The lowest BCUT2D eigenvalue weighted by Crippen LogP contribution is -2.33. The van der Waals surface area contributed by atoms with Gasteiger partial charge in [-0.05, 0) is 25.5 Å². The van der Waals surface area contributed by atoms with E-state index in [0.29, 0.717) is 19.6 Å². The predicted molar refractivity (Wildman–Crippen MR) is 76.6 cm³/mol. The summed E-state index contributed by atoms with van der Waals surface area (Å²) in [4.78, 5) is 13.6. The van der Waals surface area contributed by atoms with Crippen molar-refractivity contribution in [1.82, 2.24) is 0 Å². The first-order valence-electron chi connectivity index (χ1n) is 6.96. The number of nitrogens with zero attached hydrogens (tertiary/aromatic N) is 1. The van der Waals surface area contributed by atoms with Gasteiger partial charge in [0.05, 0.1) is 25.9 Å². The molecule has 0 aliphatic carbocycles. The minimum atomic E-state index is -0.133. The smallest absolute Gasteiger partial charge is 0.305 e. The molecule has 0 bridgehead atoms. The molecule has 2 rings (SSSR count). The van der Waals surface area contributed by atoms with Gasteiger partial charge in [-0.1, -0.05) is 0 Å². The van der Waals surface area contributed by atoms with Gasteiger partial charge in [0.15, 0.2) is 0 Å². The fourth-order valence-electron chi connectivity index (χ4n) is 2.26. The Balaban J connectivity index is 1.95. The summed E-state index contributed by atoms with van der Waals surface area (Å²) in [7, 11) is 1.65. The molecule has 1 aromatic carbocycles. The first-order chi connectivity index (χ1) is 9.74. The number of ether oxygens (including phenoxy) is 3. The highest BCUT2D eigenvalue weighted by Gasteiger charge is 2.18. The molecule has 0 spiro atoms. The van der Waals surface area contributed by atoms with Crippen molar-refractivity contribution < 1.29 is 19.0 Å². The summed E-state index contributed by atoms with van der Waals surface area (Å²) < 4.78 is 15.8. The molecule has 20 heavy (non-hydrogen) atoms. The normalized spacial score (nSPS) is 13.4. The molecule has 1 aliphatic rings. The molecule has 0 saturated carbocycles. The van der Waals surface area contributed by atoms with Crippen molar-refractivity contribution >= 4 is 11.7 Å². The highest BCUT2D eigenvalue weighted by atomic mass is 16.5. The average Bonchev–Trinajstić information content (AvgIpc) is 2.47. The van der Waals surface area contributed by atoms with E-state index in [4.69, 9.17) is 14.2 Å². The third kappa shape index (κ3) is 3.56. The van der Waals surface area contributed by atoms with Crippen LogP contribution in [-0.4, -0.2) is 39.4 Å². The van der Waals surface area contributed by atoms with Gasteiger partial charge in [0.1, 0.15) is 18.1 Å². The quantitative estimate of drug-likeness (QED) is 0.747. The summed E-state index contributed by atoms with van der Waals surface area (Å²) in [6, 6.07) is 5.78. The molecule has 5 heteroatoms. The van der Waals surface area contributed by atoms with E-state index in [1.165, 1.54) is 0 Å². The number of rotatable bonds is 6. The second-order valence-corrected chi connectivity index (χ2v) is 4.58. The van der Waals surface area contributed by atoms with Gasteiger partial charge in [-0.25, -0.2) is 0 Å². The van der Waals surface area contributed by atoms with Crippen LogP contribution in [0.5, 0.6) is 11.5 Å². The number of benzene rings is 1. The van der Waals surface area contributed by atoms with Crippen LogP contribution in [0, 0.1) is 0 Å². The third-order valence-corrected chi connectivity index (χ3v) is 3.24. The van der Waals surface area contributed by atoms with Gasteiger partial charge in [-0.2, -0.15) is 0 Å². The maximum Gasteiger partial charge on any atom is 0.305 e. The SMILES string of the molecule is CCOC(=O)CCCN1CCOc2ccc(OC)cc21. The summed E-state index contributed by atoms with van der Waals surface area (Å²) in [5.41, 5.74) is 1.03. The zero-order valence-corrected chi connectivity index (χ0v) is 12.1. The van der Waals surface area contributed by atoms with E-state index in [-0.39, 0.29) is 5.97 Å². The van der Waals surface area contributed by atoms with E-state index < -0.39 is 0 Å². The first kappa shape index (κ1) is 14.5. The second-order valence-electron chi connectivity index (χ2n) is 4.58. The van der Waals surface area contributed by atoms with Gasteiger partial charge in [0.25, 0.3) is 0 Å². The Morgan fingerprint density at radius 2 is 2.30 bits per heavy atom. The van der Waals surface area contributed by atoms with Gasteiger partial charge in [0.2, 0.25) is 0 Å². The number of anilines is 1. The maximum absolute atomic E-state index is 11.3. The molecule has 1 aliphatic heterocycles. The average molecular weight is 279 g/mol. The molecule has 0 atom stereocenters. The van der Waals surface area contributed by atoms with Crippen LogP contribution in [0.2, 0.25) is 0 Å². The molecule has 5 nitrogen and oxygen atoms in total. The molecule has 0 amide bonds. The van der Waals surface area contributed by atoms with Gasteiger partial charge >= 0.3 is 5.97 Å². The van der Waals surface area contributed by atoms with Crippen molar-refractivity contribution in [2.75, 3.05) is 38.3 Å². The maximum atomic E-state index is 11.3. The molecule has 1 heterocycles. The molecule has 0 saturated heterocycles. The summed E-state index contributed by atoms with van der Waals surface area (Å²) in [5, 5.41) is 0. The topological polar surface area (TPSA) is 48.0 Å². The highest BCUT2D eigenvalue weighted by Crippen LogP contribution is 2.34. The van der Waals surface area contributed by atoms with Crippen LogP contribution in [0.15, 0.2) is 18.2 Å². The van der Waals surface area contributed by atoms with E-state index in [2.05, 4.69) is 4.90 Å². The molecule has 0 unspecified atom stereocenters. The highest BCUT2D eigenvalue weighted by molar-refractivity contribution is 5.69. The van der Waals surface area contributed by atoms with Crippen molar-refractivity contribution in [1.29, 1.82) is 0 Å². The molecule has 0 radical (unpaired) electrons. The number of esters is 1. The first-order valence-corrected chi connectivity index (χ1v) is 6.96. The lowest BCUT2D eigenvalue weighted by atomic mass is 10.2. The Bertz CT molecular complexity index is 461. The minimum Gasteiger partial charge on any atom is -0.497 e. The van der Waals surface area contributed by atoms with Crippen LogP contribution in [0.25, 0.3) is 0 Å². The van der Waals surface area contributed by atoms with Crippen molar-refractivity contribution in [2.45, 2.75) is 19.8 Å². The van der Waals surface area contributed by atoms with Gasteiger partial charge in [-0.15, -0.1) is 0 Å². The number of fused-ring (bicyclic) bond motifs is 1. The van der Waals surface area contributed by atoms with Crippen molar-refractivity contribution in [3.8, 4) is 11.5 Å². The Morgan fingerprint density at radius 1 is 1.45 bits per heavy atom. The largest absolute Gasteiger partial charge is 0.497 e. The Kier molecular flexibility index (Phi) is 5.09. The number of methoxy groups -OCH3 is 1. The van der Waals surface area contributed by atoms with Gasteiger partial charge in [-0.3, -0.25) is 4.79 Å². The lowest BCUT2D eigenvalue weighted by Gasteiger charge is -2.31. The van der Waals surface area contributed by atoms with Crippen LogP contribution >= 0.6 is 0 Å². The van der Waals surface area contributed by atoms with E-state index in [0.717, 1.165) is 36.7 Å². The van der Waals surface area contributed by atoms with E-state index in [9.17, 15) is 4.79 Å². The lowest BCUT2D eigenvalue weighted by molar-refractivity contribution is -0.143. The van der Waals surface area contributed by atoms with Crippen molar-refractivity contribution in [3.05, 3.63) is 18.2 Å². The van der Waals surface area contributed by atoms with Crippen LogP contribution < -0.4 is 14.4 Å². The van der Waals surface area contributed by atoms with Crippen LogP contribution in [0.4, 0.5) is 5.69 Å². The molecule has 0 fully saturated rings. The van der Waals surface area contributed by atoms with Crippen molar-refractivity contribution in [3.63, 3.8) is 0 Å². The fraction of sp³-hybridized carbons (Fsp3) is 0.533. The predicted octanol–water partition coefficient (Wildman–Crippen LogP) is 2.24. The molecular formula is C15H21NO4. The number of carbonyl (C=O) groups excluding carboxylic acids is 1. The molecule has 1 aromatic rings. The zero-order valence-electron chi connectivity index (χ0n) is 12.1. The second kappa shape index (κ2) is 7.03. The monoisotopic (exact) mass is 279 g/mol. The fourth-order valence-corrected chi connectivity index (χ4v) is 2.26. The third-order valence-electron chi connectivity index (χ3n) is 3.24. The summed E-state index contributed by atoms with van der Waals surface area (Å²) >= 11 is 0. The molecular weight excluding hydrogens is 258 g/mol. The number of hydrogen-bond acceptors (Lipinski definition) is 5. The molecule has 0 aromatic heterocycles. The summed E-state index contributed by atoms with van der Waals surface area (Å²) in [6.45, 7) is 4.56. The van der Waals surface area contributed by atoms with Gasteiger partial charge < -0.3 is 19.1 Å².